The molecule has 2 aromatic carbocycles. The van der Waals surface area contributed by atoms with Gasteiger partial charge in [0.15, 0.2) is 0 Å². The van der Waals surface area contributed by atoms with Gasteiger partial charge in [-0.25, -0.2) is 0 Å². The average molecular weight is 462 g/mol. The zero-order valence-corrected chi connectivity index (χ0v) is 19.9. The van der Waals surface area contributed by atoms with Crippen LogP contribution in [0.2, 0.25) is 0 Å². The number of ether oxygens (including phenoxy) is 1. The molecule has 0 aromatic heterocycles. The minimum atomic E-state index is -0.174. The Labute approximate surface area is 202 Å². The molecule has 2 amide bonds. The summed E-state index contributed by atoms with van der Waals surface area (Å²) < 4.78 is 5.80. The van der Waals surface area contributed by atoms with E-state index in [0.717, 1.165) is 44.3 Å². The molecule has 34 heavy (non-hydrogen) atoms. The second-order valence-electron chi connectivity index (χ2n) is 9.76. The van der Waals surface area contributed by atoms with E-state index < -0.39 is 0 Å². The Morgan fingerprint density at radius 1 is 1.03 bits per heavy atom. The predicted molar refractivity (Wildman–Crippen MR) is 133 cm³/mol. The van der Waals surface area contributed by atoms with Crippen molar-refractivity contribution in [3.8, 4) is 0 Å². The van der Waals surface area contributed by atoms with Gasteiger partial charge in [-0.2, -0.15) is 0 Å². The minimum absolute atomic E-state index is 0.0582. The van der Waals surface area contributed by atoms with Crippen LogP contribution in [0.3, 0.4) is 0 Å². The van der Waals surface area contributed by atoms with Crippen molar-refractivity contribution in [2.75, 3.05) is 25.1 Å². The maximum atomic E-state index is 14.0. The smallest absolute Gasteiger partial charge is 0.251 e. The molecule has 0 spiro atoms. The molecule has 2 N–H and O–H groups in total. The van der Waals surface area contributed by atoms with E-state index in [9.17, 15) is 9.59 Å². The van der Waals surface area contributed by atoms with Crippen LogP contribution in [0.25, 0.3) is 0 Å². The number of fused-ring (bicyclic) bond motifs is 3. The van der Waals surface area contributed by atoms with Crippen molar-refractivity contribution < 1.29 is 14.3 Å². The molecule has 2 aromatic rings. The van der Waals surface area contributed by atoms with Gasteiger partial charge < -0.3 is 20.3 Å². The number of rotatable bonds is 6. The van der Waals surface area contributed by atoms with E-state index in [1.165, 1.54) is 5.56 Å². The van der Waals surface area contributed by atoms with Gasteiger partial charge in [0.1, 0.15) is 0 Å². The van der Waals surface area contributed by atoms with Crippen LogP contribution in [0.15, 0.2) is 54.6 Å². The van der Waals surface area contributed by atoms with E-state index in [-0.39, 0.29) is 35.9 Å². The first kappa shape index (κ1) is 22.9. The van der Waals surface area contributed by atoms with Gasteiger partial charge in [-0.05, 0) is 49.9 Å². The number of anilines is 1. The van der Waals surface area contributed by atoms with Crippen LogP contribution in [0.4, 0.5) is 5.69 Å². The highest BCUT2D eigenvalue weighted by molar-refractivity contribution is 5.94. The lowest BCUT2D eigenvalue weighted by Gasteiger charge is -2.41. The van der Waals surface area contributed by atoms with Gasteiger partial charge in [0.2, 0.25) is 5.91 Å². The zero-order chi connectivity index (χ0) is 23.5. The summed E-state index contributed by atoms with van der Waals surface area (Å²) in [6, 6.07) is 17.8. The third-order valence-corrected chi connectivity index (χ3v) is 7.80. The highest BCUT2D eigenvalue weighted by atomic mass is 16.5. The molecule has 1 saturated carbocycles. The molecule has 6 nitrogen and oxygen atoms in total. The van der Waals surface area contributed by atoms with Crippen LogP contribution in [0.1, 0.15) is 61.0 Å². The molecule has 1 saturated heterocycles. The predicted octanol–water partition coefficient (Wildman–Crippen LogP) is 4.40. The Morgan fingerprint density at radius 2 is 1.79 bits per heavy atom. The van der Waals surface area contributed by atoms with E-state index in [4.69, 9.17) is 4.74 Å². The summed E-state index contributed by atoms with van der Waals surface area (Å²) in [5.74, 6) is 0.255. The highest BCUT2D eigenvalue weighted by Crippen LogP contribution is 2.47. The van der Waals surface area contributed by atoms with Crippen molar-refractivity contribution in [2.24, 2.45) is 11.8 Å². The van der Waals surface area contributed by atoms with E-state index in [2.05, 4.69) is 33.7 Å². The van der Waals surface area contributed by atoms with E-state index in [1.54, 1.807) is 0 Å². The molecule has 5 atom stereocenters. The summed E-state index contributed by atoms with van der Waals surface area (Å²) in [6.07, 6.45) is 4.71. The van der Waals surface area contributed by atoms with Gasteiger partial charge >= 0.3 is 0 Å². The van der Waals surface area contributed by atoms with Crippen molar-refractivity contribution >= 4 is 17.5 Å². The topological polar surface area (TPSA) is 70.7 Å². The van der Waals surface area contributed by atoms with E-state index in [1.807, 2.05) is 43.3 Å². The Hall–Kier alpha value is -2.86. The molecule has 3 aliphatic rings. The monoisotopic (exact) mass is 461 g/mol. The molecule has 180 valence electrons. The van der Waals surface area contributed by atoms with Gasteiger partial charge in [0.05, 0.1) is 24.6 Å². The molecule has 1 aliphatic carbocycles. The van der Waals surface area contributed by atoms with Crippen molar-refractivity contribution in [1.29, 1.82) is 0 Å². The standard InChI is InChI=1S/C28H35N3O3/c1-2-34-18-25-21-16-17-31(26(21)20-12-6-8-14-23(20)29-25)28(33)22-13-7-9-15-24(22)30-27(32)19-10-4-3-5-11-19/h3-6,8,10-12,14,21-22,24-26,29H,2,7,9,13,15-18H2,1H3,(H,30,32)/t21-,22-,24+,25-,26-/m0/s1. The molecule has 2 aliphatic heterocycles. The van der Waals surface area contributed by atoms with Crippen molar-refractivity contribution in [1.82, 2.24) is 10.2 Å². The number of nitrogens with zero attached hydrogens (tertiary/aromatic N) is 1. The fourth-order valence-corrected chi connectivity index (χ4v) is 6.14. The minimum Gasteiger partial charge on any atom is -0.380 e. The lowest BCUT2D eigenvalue weighted by Crippen LogP contribution is -2.50. The number of nitrogens with one attached hydrogen (secondary N) is 2. The Kier molecular flexibility index (Phi) is 6.86. The summed E-state index contributed by atoms with van der Waals surface area (Å²) in [5.41, 5.74) is 2.95. The molecule has 5 rings (SSSR count). The maximum absolute atomic E-state index is 14.0. The molecule has 0 bridgehead atoms. The number of hydrogen-bond donors (Lipinski definition) is 2. The summed E-state index contributed by atoms with van der Waals surface area (Å²) in [7, 11) is 0. The first-order chi connectivity index (χ1) is 16.7. The van der Waals surface area contributed by atoms with Crippen LogP contribution in [0.5, 0.6) is 0 Å². The summed E-state index contributed by atoms with van der Waals surface area (Å²) in [4.78, 5) is 29.0. The SMILES string of the molecule is CCOC[C@@H]1Nc2ccccc2[C@H]2[C@H]1CCN2C(=O)[C@H]1CCCC[C@H]1NC(=O)c1ccccc1. The number of carbonyl (C=O) groups is 2. The molecular formula is C28H35N3O3. The van der Waals surface area contributed by atoms with Crippen LogP contribution >= 0.6 is 0 Å². The second kappa shape index (κ2) is 10.2. The first-order valence-electron chi connectivity index (χ1n) is 12.8. The maximum Gasteiger partial charge on any atom is 0.251 e. The zero-order valence-electron chi connectivity index (χ0n) is 19.9. The van der Waals surface area contributed by atoms with E-state index >= 15 is 0 Å². The number of para-hydroxylation sites is 1. The van der Waals surface area contributed by atoms with Crippen molar-refractivity contribution in [2.45, 2.75) is 57.2 Å². The summed E-state index contributed by atoms with van der Waals surface area (Å²) >= 11 is 0. The third kappa shape index (κ3) is 4.43. The van der Waals surface area contributed by atoms with Crippen LogP contribution < -0.4 is 10.6 Å². The Balaban J connectivity index is 1.37. The van der Waals surface area contributed by atoms with Crippen LogP contribution in [0, 0.1) is 11.8 Å². The van der Waals surface area contributed by atoms with Crippen LogP contribution in [-0.2, 0) is 9.53 Å². The lowest BCUT2D eigenvalue weighted by atomic mass is 9.81. The van der Waals surface area contributed by atoms with Gasteiger partial charge in [0.25, 0.3) is 5.91 Å². The fourth-order valence-electron chi connectivity index (χ4n) is 6.14. The number of amides is 2. The Morgan fingerprint density at radius 3 is 2.62 bits per heavy atom. The van der Waals surface area contributed by atoms with Gasteiger partial charge in [0, 0.05) is 36.4 Å². The third-order valence-electron chi connectivity index (χ3n) is 7.80. The molecule has 6 heteroatoms. The van der Waals surface area contributed by atoms with E-state index in [0.29, 0.717) is 24.7 Å². The van der Waals surface area contributed by atoms with Crippen molar-refractivity contribution in [3.05, 3.63) is 65.7 Å². The number of hydrogen-bond acceptors (Lipinski definition) is 4. The van der Waals surface area contributed by atoms with Gasteiger partial charge in [-0.1, -0.05) is 49.2 Å². The second-order valence-corrected chi connectivity index (χ2v) is 9.76. The van der Waals surface area contributed by atoms with Gasteiger partial charge in [-0.3, -0.25) is 9.59 Å². The number of benzene rings is 2. The summed E-state index contributed by atoms with van der Waals surface area (Å²) in [5, 5.41) is 6.87. The molecule has 2 fully saturated rings. The average Bonchev–Trinajstić information content (AvgIpc) is 3.33. The summed E-state index contributed by atoms with van der Waals surface area (Å²) in [6.45, 7) is 4.10. The Bertz CT molecular complexity index is 1010. The highest BCUT2D eigenvalue weighted by Gasteiger charge is 2.48. The fraction of sp³-hybridized carbons (Fsp3) is 0.500. The first-order valence-corrected chi connectivity index (χ1v) is 12.8. The number of carbonyl (C=O) groups excluding carboxylic acids is 2. The quantitative estimate of drug-likeness (QED) is 0.669. The molecule has 0 unspecified atom stereocenters. The molecule has 0 radical (unpaired) electrons. The van der Waals surface area contributed by atoms with Gasteiger partial charge in [-0.15, -0.1) is 0 Å². The lowest BCUT2D eigenvalue weighted by molar-refractivity contribution is -0.139. The normalized spacial score (nSPS) is 27.9. The van der Waals surface area contributed by atoms with Crippen LogP contribution in [-0.4, -0.2) is 48.6 Å². The molecule has 2 heterocycles. The molecular weight excluding hydrogens is 426 g/mol. The number of likely N-dealkylation sites (tertiary alicyclic amines) is 1. The largest absolute Gasteiger partial charge is 0.380 e. The van der Waals surface area contributed by atoms with Crippen molar-refractivity contribution in [3.63, 3.8) is 0 Å².